The average molecular weight is 290 g/mol. The zero-order chi connectivity index (χ0) is 14.0. The molecule has 8 heteroatoms. The highest BCUT2D eigenvalue weighted by Gasteiger charge is 2.33. The number of ether oxygens (including phenoxy) is 1. The van der Waals surface area contributed by atoms with Gasteiger partial charge in [0.05, 0.1) is 5.69 Å². The number of anilines is 1. The predicted octanol–water partition coefficient (Wildman–Crippen LogP) is 3.52. The van der Waals surface area contributed by atoms with Crippen LogP contribution in [-0.4, -0.2) is 9.97 Å². The van der Waals surface area contributed by atoms with E-state index in [1.165, 1.54) is 18.2 Å². The third-order valence-corrected chi connectivity index (χ3v) is 2.33. The lowest BCUT2D eigenvalue weighted by molar-refractivity contribution is -0.141. The fourth-order valence-corrected chi connectivity index (χ4v) is 1.44. The predicted molar refractivity (Wildman–Crippen MR) is 63.0 cm³/mol. The van der Waals surface area contributed by atoms with Crippen LogP contribution in [0.5, 0.6) is 11.8 Å². The van der Waals surface area contributed by atoms with Crippen molar-refractivity contribution in [1.82, 2.24) is 9.97 Å². The number of alkyl halides is 3. The molecule has 4 nitrogen and oxygen atoms in total. The van der Waals surface area contributed by atoms with Crippen LogP contribution < -0.4 is 10.5 Å². The molecule has 0 bridgehead atoms. The summed E-state index contributed by atoms with van der Waals surface area (Å²) < 4.78 is 42.4. The van der Waals surface area contributed by atoms with E-state index in [4.69, 9.17) is 22.1 Å². The SMILES string of the molecule is Nc1cc(Cl)ccc1Oc1nccc(C(F)(F)F)n1. The van der Waals surface area contributed by atoms with E-state index in [0.29, 0.717) is 5.02 Å². The van der Waals surface area contributed by atoms with Crippen LogP contribution in [-0.2, 0) is 6.18 Å². The molecule has 100 valence electrons. The van der Waals surface area contributed by atoms with Crippen molar-refractivity contribution in [2.24, 2.45) is 0 Å². The van der Waals surface area contributed by atoms with Gasteiger partial charge in [0.2, 0.25) is 0 Å². The number of hydrogen-bond acceptors (Lipinski definition) is 4. The standard InChI is InChI=1S/C11H7ClF3N3O/c12-6-1-2-8(7(16)5-6)19-10-17-4-3-9(18-10)11(13,14)15/h1-5H,16H2. The van der Waals surface area contributed by atoms with Crippen LogP contribution in [0.2, 0.25) is 5.02 Å². The van der Waals surface area contributed by atoms with Crippen molar-refractivity contribution in [3.05, 3.63) is 41.2 Å². The molecule has 0 atom stereocenters. The lowest BCUT2D eigenvalue weighted by atomic mass is 10.3. The number of hydrogen-bond donors (Lipinski definition) is 1. The first-order chi connectivity index (χ1) is 8.86. The Hall–Kier alpha value is -2.02. The van der Waals surface area contributed by atoms with Crippen molar-refractivity contribution in [2.45, 2.75) is 6.18 Å². The third kappa shape index (κ3) is 3.25. The molecule has 0 amide bonds. The summed E-state index contributed by atoms with van der Waals surface area (Å²) in [6.45, 7) is 0. The van der Waals surface area contributed by atoms with Crippen LogP contribution >= 0.6 is 11.6 Å². The monoisotopic (exact) mass is 289 g/mol. The molecular formula is C11H7ClF3N3O. The van der Waals surface area contributed by atoms with Crippen LogP contribution in [0, 0.1) is 0 Å². The number of benzene rings is 1. The molecule has 0 saturated heterocycles. The Morgan fingerprint density at radius 1 is 1.21 bits per heavy atom. The smallest absolute Gasteiger partial charge is 0.422 e. The molecule has 0 fully saturated rings. The molecular weight excluding hydrogens is 283 g/mol. The van der Waals surface area contributed by atoms with E-state index in [0.717, 1.165) is 12.3 Å². The van der Waals surface area contributed by atoms with Crippen LogP contribution in [0.4, 0.5) is 18.9 Å². The molecule has 19 heavy (non-hydrogen) atoms. The maximum atomic E-state index is 12.5. The van der Waals surface area contributed by atoms with E-state index in [1.807, 2.05) is 0 Å². The van der Waals surface area contributed by atoms with Gasteiger partial charge in [-0.1, -0.05) is 11.6 Å². The zero-order valence-electron chi connectivity index (χ0n) is 9.28. The second-order valence-electron chi connectivity index (χ2n) is 3.51. The molecule has 0 aliphatic heterocycles. The van der Waals surface area contributed by atoms with Gasteiger partial charge in [-0.2, -0.15) is 18.2 Å². The lowest BCUT2D eigenvalue weighted by Gasteiger charge is -2.09. The van der Waals surface area contributed by atoms with Gasteiger partial charge in [0, 0.05) is 11.2 Å². The highest BCUT2D eigenvalue weighted by Crippen LogP contribution is 2.31. The van der Waals surface area contributed by atoms with Gasteiger partial charge in [0.1, 0.15) is 0 Å². The van der Waals surface area contributed by atoms with Crippen molar-refractivity contribution in [2.75, 3.05) is 5.73 Å². The Kier molecular flexibility index (Phi) is 3.48. The van der Waals surface area contributed by atoms with Crippen LogP contribution in [0.3, 0.4) is 0 Å². The lowest BCUT2D eigenvalue weighted by Crippen LogP contribution is -2.09. The molecule has 0 saturated carbocycles. The average Bonchev–Trinajstić information content (AvgIpc) is 2.32. The number of nitrogens with two attached hydrogens (primary N) is 1. The number of nitrogens with zero attached hydrogens (tertiary/aromatic N) is 2. The minimum Gasteiger partial charge on any atom is -0.422 e. The second-order valence-corrected chi connectivity index (χ2v) is 3.94. The van der Waals surface area contributed by atoms with Gasteiger partial charge in [-0.15, -0.1) is 0 Å². The maximum Gasteiger partial charge on any atom is 0.433 e. The van der Waals surface area contributed by atoms with Crippen molar-refractivity contribution < 1.29 is 17.9 Å². The zero-order valence-corrected chi connectivity index (χ0v) is 10.0. The first kappa shape index (κ1) is 13.4. The van der Waals surface area contributed by atoms with Crippen LogP contribution in [0.25, 0.3) is 0 Å². The summed E-state index contributed by atoms with van der Waals surface area (Å²) >= 11 is 5.69. The summed E-state index contributed by atoms with van der Waals surface area (Å²) in [7, 11) is 0. The molecule has 0 radical (unpaired) electrons. The van der Waals surface area contributed by atoms with Gasteiger partial charge >= 0.3 is 12.2 Å². The van der Waals surface area contributed by atoms with Gasteiger partial charge in [0.25, 0.3) is 0 Å². The molecule has 0 aliphatic carbocycles. The van der Waals surface area contributed by atoms with E-state index in [9.17, 15) is 13.2 Å². The molecule has 2 rings (SSSR count). The van der Waals surface area contributed by atoms with E-state index >= 15 is 0 Å². The fraction of sp³-hybridized carbons (Fsp3) is 0.0909. The number of nitrogen functional groups attached to an aromatic ring is 1. The summed E-state index contributed by atoms with van der Waals surface area (Å²) in [4.78, 5) is 6.85. The topological polar surface area (TPSA) is 61.0 Å². The molecule has 0 aliphatic rings. The van der Waals surface area contributed by atoms with Gasteiger partial charge in [-0.25, -0.2) is 4.98 Å². The van der Waals surface area contributed by atoms with E-state index < -0.39 is 17.9 Å². The summed E-state index contributed by atoms with van der Waals surface area (Å²) in [6, 6.07) is 4.62. The van der Waals surface area contributed by atoms with Gasteiger partial charge in [-0.3, -0.25) is 0 Å². The molecule has 1 heterocycles. The van der Waals surface area contributed by atoms with Crippen molar-refractivity contribution in [3.63, 3.8) is 0 Å². The van der Waals surface area contributed by atoms with Crippen LogP contribution in [0.1, 0.15) is 5.69 Å². The Balaban J connectivity index is 2.29. The Morgan fingerprint density at radius 3 is 2.58 bits per heavy atom. The Morgan fingerprint density at radius 2 is 1.95 bits per heavy atom. The molecule has 0 unspecified atom stereocenters. The highest BCUT2D eigenvalue weighted by atomic mass is 35.5. The maximum absolute atomic E-state index is 12.5. The molecule has 2 N–H and O–H groups in total. The van der Waals surface area contributed by atoms with Gasteiger partial charge in [-0.05, 0) is 24.3 Å². The summed E-state index contributed by atoms with van der Waals surface area (Å²) in [5.41, 5.74) is 4.69. The minimum atomic E-state index is -4.56. The summed E-state index contributed by atoms with van der Waals surface area (Å²) in [5, 5.41) is 0.384. The van der Waals surface area contributed by atoms with Crippen molar-refractivity contribution in [1.29, 1.82) is 0 Å². The van der Waals surface area contributed by atoms with Gasteiger partial charge in [0.15, 0.2) is 11.4 Å². The van der Waals surface area contributed by atoms with Gasteiger partial charge < -0.3 is 10.5 Å². The fourth-order valence-electron chi connectivity index (χ4n) is 1.26. The Labute approximate surface area is 111 Å². The Bertz CT molecular complexity index is 604. The minimum absolute atomic E-state index is 0.128. The summed E-state index contributed by atoms with van der Waals surface area (Å²) in [6.07, 6.45) is -3.61. The number of halogens is 4. The van der Waals surface area contributed by atoms with E-state index in [2.05, 4.69) is 9.97 Å². The number of aromatic nitrogens is 2. The van der Waals surface area contributed by atoms with E-state index in [-0.39, 0.29) is 11.4 Å². The highest BCUT2D eigenvalue weighted by molar-refractivity contribution is 6.30. The number of rotatable bonds is 2. The second kappa shape index (κ2) is 4.93. The molecule has 2 aromatic rings. The first-order valence-electron chi connectivity index (χ1n) is 4.99. The molecule has 1 aromatic carbocycles. The third-order valence-electron chi connectivity index (χ3n) is 2.10. The van der Waals surface area contributed by atoms with E-state index in [1.54, 1.807) is 0 Å². The van der Waals surface area contributed by atoms with Crippen LogP contribution in [0.15, 0.2) is 30.5 Å². The molecule has 0 spiro atoms. The van der Waals surface area contributed by atoms with Crippen molar-refractivity contribution >= 4 is 17.3 Å². The first-order valence-corrected chi connectivity index (χ1v) is 5.37. The summed E-state index contributed by atoms with van der Waals surface area (Å²) in [5.74, 6) is 0.128. The molecule has 1 aromatic heterocycles. The quantitative estimate of drug-likeness (QED) is 0.859. The normalized spacial score (nSPS) is 11.4. The largest absolute Gasteiger partial charge is 0.433 e. The van der Waals surface area contributed by atoms with Crippen molar-refractivity contribution in [3.8, 4) is 11.8 Å².